The van der Waals surface area contributed by atoms with Crippen molar-refractivity contribution in [1.29, 1.82) is 0 Å². The van der Waals surface area contributed by atoms with Crippen molar-refractivity contribution in [1.82, 2.24) is 4.90 Å². The molecule has 0 spiro atoms. The molecule has 1 N–H and O–H groups in total. The lowest BCUT2D eigenvalue weighted by Crippen LogP contribution is -2.50. The van der Waals surface area contributed by atoms with E-state index in [1.807, 2.05) is 39.0 Å². The standard InChI is InChI=1S/C20H20N2O3/c1-12(2)17(18(23)21-16-11-7-4-8-13(16)3)22-19(24)14-9-5-6-10-15(14)20(22)25/h4-12,17H,1-3H3,(H,21,23). The second-order valence-corrected chi connectivity index (χ2v) is 6.52. The minimum absolute atomic E-state index is 0.216. The lowest BCUT2D eigenvalue weighted by Gasteiger charge is -2.28. The Kier molecular flexibility index (Phi) is 4.40. The molecular weight excluding hydrogens is 316 g/mol. The molecule has 25 heavy (non-hydrogen) atoms. The number of hydrogen-bond acceptors (Lipinski definition) is 3. The van der Waals surface area contributed by atoms with Crippen molar-refractivity contribution in [2.45, 2.75) is 26.8 Å². The van der Waals surface area contributed by atoms with E-state index < -0.39 is 17.9 Å². The van der Waals surface area contributed by atoms with E-state index in [1.54, 1.807) is 30.3 Å². The normalized spacial score (nSPS) is 14.6. The van der Waals surface area contributed by atoms with Gasteiger partial charge in [-0.2, -0.15) is 0 Å². The van der Waals surface area contributed by atoms with Crippen molar-refractivity contribution in [2.75, 3.05) is 5.32 Å². The van der Waals surface area contributed by atoms with E-state index in [0.29, 0.717) is 16.8 Å². The lowest BCUT2D eigenvalue weighted by atomic mass is 10.0. The SMILES string of the molecule is Cc1ccccc1NC(=O)C(C(C)C)N1C(=O)c2ccccc2C1=O. The topological polar surface area (TPSA) is 66.5 Å². The van der Waals surface area contributed by atoms with Crippen LogP contribution in [0.15, 0.2) is 48.5 Å². The Morgan fingerprint density at radius 2 is 1.44 bits per heavy atom. The van der Waals surface area contributed by atoms with Crippen molar-refractivity contribution < 1.29 is 14.4 Å². The molecule has 5 nitrogen and oxygen atoms in total. The third kappa shape index (κ3) is 2.93. The Bertz CT molecular complexity index is 823. The molecule has 0 aromatic heterocycles. The van der Waals surface area contributed by atoms with E-state index in [4.69, 9.17) is 0 Å². The zero-order chi connectivity index (χ0) is 18.1. The van der Waals surface area contributed by atoms with Crippen LogP contribution in [-0.4, -0.2) is 28.7 Å². The summed E-state index contributed by atoms with van der Waals surface area (Å²) < 4.78 is 0. The second kappa shape index (κ2) is 6.51. The molecule has 128 valence electrons. The average Bonchev–Trinajstić information content (AvgIpc) is 2.83. The van der Waals surface area contributed by atoms with E-state index in [-0.39, 0.29) is 11.8 Å². The van der Waals surface area contributed by atoms with Gasteiger partial charge in [0.25, 0.3) is 11.8 Å². The van der Waals surface area contributed by atoms with E-state index >= 15 is 0 Å². The molecule has 5 heteroatoms. The van der Waals surface area contributed by atoms with Gasteiger partial charge >= 0.3 is 0 Å². The zero-order valence-electron chi connectivity index (χ0n) is 14.4. The van der Waals surface area contributed by atoms with Gasteiger partial charge in [0.2, 0.25) is 5.91 Å². The van der Waals surface area contributed by atoms with Crippen LogP contribution in [0.3, 0.4) is 0 Å². The molecule has 0 aliphatic carbocycles. The quantitative estimate of drug-likeness (QED) is 0.872. The summed E-state index contributed by atoms with van der Waals surface area (Å²) in [7, 11) is 0. The number of anilines is 1. The fourth-order valence-corrected chi connectivity index (χ4v) is 3.10. The number of benzene rings is 2. The van der Waals surface area contributed by atoms with Gasteiger partial charge in [0, 0.05) is 5.69 Å². The molecule has 1 heterocycles. The fraction of sp³-hybridized carbons (Fsp3) is 0.250. The van der Waals surface area contributed by atoms with Crippen LogP contribution in [0.4, 0.5) is 5.69 Å². The first kappa shape index (κ1) is 16.9. The van der Waals surface area contributed by atoms with Gasteiger partial charge in [-0.3, -0.25) is 19.3 Å². The van der Waals surface area contributed by atoms with Gasteiger partial charge in [0.15, 0.2) is 0 Å². The predicted octanol–water partition coefficient (Wildman–Crippen LogP) is 3.25. The predicted molar refractivity (Wildman–Crippen MR) is 95.4 cm³/mol. The van der Waals surface area contributed by atoms with Gasteiger partial charge in [-0.1, -0.05) is 44.2 Å². The Morgan fingerprint density at radius 3 is 1.96 bits per heavy atom. The maximum atomic E-state index is 12.9. The third-order valence-electron chi connectivity index (χ3n) is 4.41. The minimum Gasteiger partial charge on any atom is -0.324 e. The van der Waals surface area contributed by atoms with Crippen LogP contribution < -0.4 is 5.32 Å². The van der Waals surface area contributed by atoms with E-state index in [0.717, 1.165) is 10.5 Å². The summed E-state index contributed by atoms with van der Waals surface area (Å²) >= 11 is 0. The molecular formula is C20H20N2O3. The number of carbonyl (C=O) groups excluding carboxylic acids is 3. The van der Waals surface area contributed by atoms with Crippen molar-refractivity contribution in [3.8, 4) is 0 Å². The Labute approximate surface area is 146 Å². The molecule has 2 aromatic rings. The molecule has 1 aliphatic rings. The lowest BCUT2D eigenvalue weighted by molar-refractivity contribution is -0.121. The van der Waals surface area contributed by atoms with Crippen LogP contribution in [0.25, 0.3) is 0 Å². The van der Waals surface area contributed by atoms with Crippen LogP contribution >= 0.6 is 0 Å². The summed E-state index contributed by atoms with van der Waals surface area (Å²) in [6, 6.07) is 13.2. The number of imide groups is 1. The highest BCUT2D eigenvalue weighted by molar-refractivity contribution is 6.23. The number of fused-ring (bicyclic) bond motifs is 1. The Balaban J connectivity index is 1.92. The molecule has 3 rings (SSSR count). The second-order valence-electron chi connectivity index (χ2n) is 6.52. The Hall–Kier alpha value is -2.95. The zero-order valence-corrected chi connectivity index (χ0v) is 14.4. The first-order valence-electron chi connectivity index (χ1n) is 8.25. The van der Waals surface area contributed by atoms with Gasteiger partial charge in [-0.15, -0.1) is 0 Å². The minimum atomic E-state index is -0.869. The maximum absolute atomic E-state index is 12.9. The van der Waals surface area contributed by atoms with Crippen molar-refractivity contribution >= 4 is 23.4 Å². The largest absolute Gasteiger partial charge is 0.324 e. The van der Waals surface area contributed by atoms with Gasteiger partial charge in [-0.05, 0) is 36.6 Å². The molecule has 0 bridgehead atoms. The van der Waals surface area contributed by atoms with Crippen molar-refractivity contribution in [3.05, 3.63) is 65.2 Å². The van der Waals surface area contributed by atoms with Gasteiger partial charge < -0.3 is 5.32 Å². The Morgan fingerprint density at radius 1 is 0.920 bits per heavy atom. The van der Waals surface area contributed by atoms with E-state index in [2.05, 4.69) is 5.32 Å². The number of carbonyl (C=O) groups is 3. The number of rotatable bonds is 4. The average molecular weight is 336 g/mol. The molecule has 0 radical (unpaired) electrons. The van der Waals surface area contributed by atoms with Crippen molar-refractivity contribution in [2.24, 2.45) is 5.92 Å². The number of nitrogens with one attached hydrogen (secondary N) is 1. The van der Waals surface area contributed by atoms with Crippen LogP contribution in [0.2, 0.25) is 0 Å². The summed E-state index contributed by atoms with van der Waals surface area (Å²) in [6.45, 7) is 5.54. The molecule has 1 aliphatic heterocycles. The highest BCUT2D eigenvalue weighted by Crippen LogP contribution is 2.28. The molecule has 0 saturated carbocycles. The fourth-order valence-electron chi connectivity index (χ4n) is 3.10. The first-order chi connectivity index (χ1) is 11.9. The summed E-state index contributed by atoms with van der Waals surface area (Å²) in [5.41, 5.74) is 2.29. The molecule has 1 unspecified atom stereocenters. The number of para-hydroxylation sites is 1. The summed E-state index contributed by atoms with van der Waals surface area (Å²) in [6.07, 6.45) is 0. The highest BCUT2D eigenvalue weighted by atomic mass is 16.2. The van der Waals surface area contributed by atoms with E-state index in [1.165, 1.54) is 0 Å². The van der Waals surface area contributed by atoms with Crippen LogP contribution in [0.1, 0.15) is 40.1 Å². The smallest absolute Gasteiger partial charge is 0.262 e. The van der Waals surface area contributed by atoms with Gasteiger partial charge in [0.05, 0.1) is 11.1 Å². The molecule has 0 saturated heterocycles. The number of hydrogen-bond donors (Lipinski definition) is 1. The van der Waals surface area contributed by atoms with Gasteiger partial charge in [-0.25, -0.2) is 0 Å². The van der Waals surface area contributed by atoms with Crippen LogP contribution in [0, 0.1) is 12.8 Å². The summed E-state index contributed by atoms with van der Waals surface area (Å²) in [4.78, 5) is 39.4. The molecule has 1 atom stereocenters. The summed E-state index contributed by atoms with van der Waals surface area (Å²) in [5, 5.41) is 2.85. The van der Waals surface area contributed by atoms with E-state index in [9.17, 15) is 14.4 Å². The highest BCUT2D eigenvalue weighted by Gasteiger charge is 2.43. The first-order valence-corrected chi connectivity index (χ1v) is 8.25. The van der Waals surface area contributed by atoms with Crippen LogP contribution in [-0.2, 0) is 4.79 Å². The van der Waals surface area contributed by atoms with Crippen molar-refractivity contribution in [3.63, 3.8) is 0 Å². The number of aryl methyl sites for hydroxylation is 1. The molecule has 2 aromatic carbocycles. The van der Waals surface area contributed by atoms with Crippen LogP contribution in [0.5, 0.6) is 0 Å². The monoisotopic (exact) mass is 336 g/mol. The molecule has 3 amide bonds. The molecule has 0 fully saturated rings. The third-order valence-corrected chi connectivity index (χ3v) is 4.41. The van der Waals surface area contributed by atoms with Gasteiger partial charge in [0.1, 0.15) is 6.04 Å². The number of nitrogens with zero attached hydrogens (tertiary/aromatic N) is 1. The summed E-state index contributed by atoms with van der Waals surface area (Å²) in [5.74, 6) is -1.41. The number of amides is 3. The maximum Gasteiger partial charge on any atom is 0.262 e.